The molecule has 0 saturated heterocycles. The summed E-state index contributed by atoms with van der Waals surface area (Å²) in [5, 5.41) is 0. The molecule has 76 valence electrons. The number of hydrogen-bond donors (Lipinski definition) is 1. The Hall–Kier alpha value is -1.74. The minimum absolute atomic E-state index is 0.283. The standard InChI is InChI=1S/C12H11FN2/c13-11-6-2-1-5-10(11)12(14)9-4-3-7-15-8-9/h1-8,12H,14H2. The number of aromatic nitrogens is 1. The summed E-state index contributed by atoms with van der Waals surface area (Å²) in [6.07, 6.45) is 3.31. The highest BCUT2D eigenvalue weighted by molar-refractivity contribution is 5.30. The number of rotatable bonds is 2. The van der Waals surface area contributed by atoms with Gasteiger partial charge in [0.25, 0.3) is 0 Å². The fourth-order valence-electron chi connectivity index (χ4n) is 1.47. The van der Waals surface area contributed by atoms with Crippen LogP contribution in [-0.2, 0) is 0 Å². The van der Waals surface area contributed by atoms with Crippen LogP contribution in [0.4, 0.5) is 4.39 Å². The second-order valence-electron chi connectivity index (χ2n) is 3.29. The fourth-order valence-corrected chi connectivity index (χ4v) is 1.47. The maximum Gasteiger partial charge on any atom is 0.128 e. The smallest absolute Gasteiger partial charge is 0.128 e. The number of nitrogens with zero attached hydrogens (tertiary/aromatic N) is 1. The first-order valence-corrected chi connectivity index (χ1v) is 4.69. The monoisotopic (exact) mass is 202 g/mol. The van der Waals surface area contributed by atoms with Crippen LogP contribution in [0.15, 0.2) is 48.8 Å². The number of halogens is 1. The molecule has 0 saturated carbocycles. The van der Waals surface area contributed by atoms with E-state index in [-0.39, 0.29) is 5.82 Å². The third-order valence-corrected chi connectivity index (χ3v) is 2.28. The molecule has 1 aromatic carbocycles. The van der Waals surface area contributed by atoms with Gasteiger partial charge in [0.05, 0.1) is 6.04 Å². The van der Waals surface area contributed by atoms with Gasteiger partial charge in [-0.25, -0.2) is 4.39 Å². The van der Waals surface area contributed by atoms with Crippen LogP contribution in [0.2, 0.25) is 0 Å². The van der Waals surface area contributed by atoms with E-state index in [1.54, 1.807) is 36.7 Å². The zero-order chi connectivity index (χ0) is 10.7. The van der Waals surface area contributed by atoms with Crippen molar-refractivity contribution in [3.63, 3.8) is 0 Å². The lowest BCUT2D eigenvalue weighted by atomic mass is 10.0. The first-order valence-electron chi connectivity index (χ1n) is 4.69. The Morgan fingerprint density at radius 2 is 1.93 bits per heavy atom. The Morgan fingerprint density at radius 1 is 1.13 bits per heavy atom. The first-order chi connectivity index (χ1) is 7.29. The minimum atomic E-state index is -0.458. The highest BCUT2D eigenvalue weighted by atomic mass is 19.1. The second kappa shape index (κ2) is 4.19. The van der Waals surface area contributed by atoms with E-state index in [0.717, 1.165) is 5.56 Å². The molecule has 1 aromatic heterocycles. The lowest BCUT2D eigenvalue weighted by Gasteiger charge is -2.12. The molecule has 1 atom stereocenters. The van der Waals surface area contributed by atoms with Crippen molar-refractivity contribution in [2.24, 2.45) is 5.73 Å². The van der Waals surface area contributed by atoms with E-state index in [9.17, 15) is 4.39 Å². The molecular weight excluding hydrogens is 191 g/mol. The molecule has 0 radical (unpaired) electrons. The van der Waals surface area contributed by atoms with Crippen LogP contribution in [0.5, 0.6) is 0 Å². The van der Waals surface area contributed by atoms with Crippen molar-refractivity contribution < 1.29 is 4.39 Å². The van der Waals surface area contributed by atoms with Gasteiger partial charge in [-0.15, -0.1) is 0 Å². The Kier molecular flexibility index (Phi) is 2.74. The predicted molar refractivity (Wildman–Crippen MR) is 56.7 cm³/mol. The molecule has 1 heterocycles. The largest absolute Gasteiger partial charge is 0.320 e. The third kappa shape index (κ3) is 2.02. The van der Waals surface area contributed by atoms with Crippen LogP contribution < -0.4 is 5.73 Å². The van der Waals surface area contributed by atoms with Gasteiger partial charge in [-0.05, 0) is 17.7 Å². The van der Waals surface area contributed by atoms with Crippen LogP contribution in [0.25, 0.3) is 0 Å². The molecule has 0 fully saturated rings. The van der Waals surface area contributed by atoms with Crippen molar-refractivity contribution in [2.45, 2.75) is 6.04 Å². The second-order valence-corrected chi connectivity index (χ2v) is 3.29. The van der Waals surface area contributed by atoms with Gasteiger partial charge in [0, 0.05) is 18.0 Å². The molecule has 0 amide bonds. The average Bonchev–Trinajstić information content (AvgIpc) is 2.30. The van der Waals surface area contributed by atoms with Crippen LogP contribution >= 0.6 is 0 Å². The Bertz CT molecular complexity index is 442. The third-order valence-electron chi connectivity index (χ3n) is 2.28. The normalized spacial score (nSPS) is 12.4. The molecule has 0 aliphatic heterocycles. The van der Waals surface area contributed by atoms with E-state index >= 15 is 0 Å². The summed E-state index contributed by atoms with van der Waals surface area (Å²) in [4.78, 5) is 3.96. The predicted octanol–water partition coefficient (Wildman–Crippen LogP) is 2.27. The molecule has 2 nitrogen and oxygen atoms in total. The van der Waals surface area contributed by atoms with Gasteiger partial charge in [0.1, 0.15) is 5.82 Å². The van der Waals surface area contributed by atoms with Crippen molar-refractivity contribution in [1.82, 2.24) is 4.98 Å². The summed E-state index contributed by atoms with van der Waals surface area (Å²) in [6, 6.07) is 9.68. The van der Waals surface area contributed by atoms with Gasteiger partial charge in [-0.2, -0.15) is 0 Å². The topological polar surface area (TPSA) is 38.9 Å². The molecule has 15 heavy (non-hydrogen) atoms. The minimum Gasteiger partial charge on any atom is -0.320 e. The van der Waals surface area contributed by atoms with Crippen LogP contribution in [0.1, 0.15) is 17.2 Å². The quantitative estimate of drug-likeness (QED) is 0.811. The fraction of sp³-hybridized carbons (Fsp3) is 0.0833. The zero-order valence-corrected chi connectivity index (χ0v) is 8.10. The van der Waals surface area contributed by atoms with Gasteiger partial charge >= 0.3 is 0 Å². The van der Waals surface area contributed by atoms with E-state index in [0.29, 0.717) is 5.56 Å². The van der Waals surface area contributed by atoms with Crippen LogP contribution in [0.3, 0.4) is 0 Å². The van der Waals surface area contributed by atoms with Crippen molar-refractivity contribution in [3.05, 3.63) is 65.7 Å². The van der Waals surface area contributed by atoms with E-state index in [4.69, 9.17) is 5.73 Å². The molecule has 3 heteroatoms. The van der Waals surface area contributed by atoms with Gasteiger partial charge in [0.15, 0.2) is 0 Å². The van der Waals surface area contributed by atoms with Gasteiger partial charge in [0.2, 0.25) is 0 Å². The van der Waals surface area contributed by atoms with Gasteiger partial charge in [-0.3, -0.25) is 4.98 Å². The molecule has 0 aliphatic carbocycles. The van der Waals surface area contributed by atoms with E-state index in [1.807, 2.05) is 6.07 Å². The van der Waals surface area contributed by atoms with Crippen molar-refractivity contribution >= 4 is 0 Å². The highest BCUT2D eigenvalue weighted by Gasteiger charge is 2.12. The molecule has 2 aromatic rings. The number of benzene rings is 1. The van der Waals surface area contributed by atoms with Crippen molar-refractivity contribution in [1.29, 1.82) is 0 Å². The van der Waals surface area contributed by atoms with Crippen molar-refractivity contribution in [3.8, 4) is 0 Å². The Labute approximate surface area is 87.6 Å². The SMILES string of the molecule is NC(c1cccnc1)c1ccccc1F. The average molecular weight is 202 g/mol. The lowest BCUT2D eigenvalue weighted by molar-refractivity contribution is 0.599. The van der Waals surface area contributed by atoms with Crippen molar-refractivity contribution in [2.75, 3.05) is 0 Å². The Morgan fingerprint density at radius 3 is 2.60 bits per heavy atom. The maximum atomic E-state index is 13.4. The number of nitrogens with two attached hydrogens (primary N) is 1. The summed E-state index contributed by atoms with van der Waals surface area (Å²) in [5.74, 6) is -0.283. The summed E-state index contributed by atoms with van der Waals surface area (Å²) in [7, 11) is 0. The summed E-state index contributed by atoms with van der Waals surface area (Å²) < 4.78 is 13.4. The maximum absolute atomic E-state index is 13.4. The molecule has 0 bridgehead atoms. The summed E-state index contributed by atoms with van der Waals surface area (Å²) in [5.41, 5.74) is 7.24. The molecule has 0 spiro atoms. The van der Waals surface area contributed by atoms with Gasteiger partial charge < -0.3 is 5.73 Å². The number of pyridine rings is 1. The zero-order valence-electron chi connectivity index (χ0n) is 8.10. The molecule has 2 rings (SSSR count). The molecular formula is C12H11FN2. The molecule has 0 aliphatic rings. The van der Waals surface area contributed by atoms with E-state index < -0.39 is 6.04 Å². The molecule has 2 N–H and O–H groups in total. The number of hydrogen-bond acceptors (Lipinski definition) is 2. The van der Waals surface area contributed by atoms with Crippen LogP contribution in [0, 0.1) is 5.82 Å². The molecule has 1 unspecified atom stereocenters. The van der Waals surface area contributed by atoms with E-state index in [1.165, 1.54) is 6.07 Å². The first kappa shape index (κ1) is 9.80. The summed E-state index contributed by atoms with van der Waals surface area (Å²) in [6.45, 7) is 0. The highest BCUT2D eigenvalue weighted by Crippen LogP contribution is 2.20. The Balaban J connectivity index is 2.37. The van der Waals surface area contributed by atoms with Gasteiger partial charge in [-0.1, -0.05) is 24.3 Å². The van der Waals surface area contributed by atoms with Crippen LogP contribution in [-0.4, -0.2) is 4.98 Å². The lowest BCUT2D eigenvalue weighted by Crippen LogP contribution is -2.13. The van der Waals surface area contributed by atoms with E-state index in [2.05, 4.69) is 4.98 Å². The summed E-state index contributed by atoms with van der Waals surface area (Å²) >= 11 is 0.